The van der Waals surface area contributed by atoms with Gasteiger partial charge in [0, 0.05) is 48.4 Å². The summed E-state index contributed by atoms with van der Waals surface area (Å²) >= 11 is 0. The van der Waals surface area contributed by atoms with Crippen LogP contribution in [0.25, 0.3) is 0 Å². The number of carboxylic acids is 1. The van der Waals surface area contributed by atoms with Crippen LogP contribution in [0.15, 0.2) is 24.2 Å². The van der Waals surface area contributed by atoms with Gasteiger partial charge < -0.3 is 66.4 Å². The number of amides is 1. The second kappa shape index (κ2) is 19.6. The average Bonchev–Trinajstić information content (AvgIpc) is 4.00. The largest absolute Gasteiger partial charge is 0.481 e. The molecule has 16 nitrogen and oxygen atoms in total. The number of aliphatic hydroxyl groups excluding tert-OH is 7. The summed E-state index contributed by atoms with van der Waals surface area (Å²) in [4.78, 5) is 35.8. The Bertz CT molecular complexity index is 2050. The normalized spacial score (nSPS) is 47.8. The number of allylic oxidation sites excluding steroid dienone is 2. The highest BCUT2D eigenvalue weighted by atomic mass is 16.7. The summed E-state index contributed by atoms with van der Waals surface area (Å²) in [6.07, 6.45) is 9.45. The fraction of sp³-hybridized carbons (Fsp3) is 0.870. The van der Waals surface area contributed by atoms with Gasteiger partial charge in [-0.25, -0.2) is 4.98 Å². The molecule has 3 heterocycles. The van der Waals surface area contributed by atoms with E-state index in [1.807, 2.05) is 6.92 Å². The molecule has 1 aromatic rings. The number of imidazole rings is 1. The molecule has 2 aliphatic heterocycles. The lowest BCUT2D eigenvalue weighted by atomic mass is 9.29. The Morgan fingerprint density at radius 1 is 0.943 bits per heavy atom. The second-order valence-electron chi connectivity index (χ2n) is 25.0. The molecule has 8 aliphatic rings. The third kappa shape index (κ3) is 7.92. The molecule has 394 valence electrons. The fourth-order valence-corrected chi connectivity index (χ4v) is 18.2. The second-order valence-corrected chi connectivity index (χ2v) is 25.0. The third-order valence-electron chi connectivity index (χ3n) is 22.1. The molecule has 0 unspecified atom stereocenters. The van der Waals surface area contributed by atoms with E-state index < -0.39 is 93.1 Å². The maximum Gasteiger partial charge on any atom is 0.310 e. The van der Waals surface area contributed by atoms with Gasteiger partial charge in [-0.15, -0.1) is 0 Å². The van der Waals surface area contributed by atoms with Gasteiger partial charge in [0.25, 0.3) is 0 Å². The minimum absolute atomic E-state index is 0.00911. The van der Waals surface area contributed by atoms with E-state index in [1.165, 1.54) is 5.57 Å². The number of hydrogen-bond donors (Lipinski definition) is 11. The van der Waals surface area contributed by atoms with Crippen molar-refractivity contribution in [3.8, 4) is 0 Å². The van der Waals surface area contributed by atoms with Crippen LogP contribution in [0.1, 0.15) is 148 Å². The number of aromatic nitrogens is 2. The molecule has 9 rings (SSSR count). The number of aliphatic hydroxyl groups is 7. The molecule has 2 saturated heterocycles. The number of hydrogen-bond acceptors (Lipinski definition) is 13. The number of H-pyrrole nitrogens is 1. The first-order valence-corrected chi connectivity index (χ1v) is 27.1. The predicted octanol–water partition coefficient (Wildman–Crippen LogP) is 4.15. The van der Waals surface area contributed by atoms with Crippen LogP contribution in [0.2, 0.25) is 0 Å². The van der Waals surface area contributed by atoms with Crippen molar-refractivity contribution in [2.45, 2.75) is 186 Å². The number of ether oxygens (including phenoxy) is 2. The monoisotopic (exact) mass is 983 g/mol. The minimum Gasteiger partial charge on any atom is -0.481 e. The number of aliphatic carboxylic acids is 1. The molecule has 6 aliphatic carbocycles. The number of rotatable bonds is 15. The van der Waals surface area contributed by atoms with Crippen molar-refractivity contribution in [3.05, 3.63) is 29.9 Å². The van der Waals surface area contributed by atoms with E-state index in [-0.39, 0.29) is 74.3 Å². The first kappa shape index (κ1) is 52.4. The van der Waals surface area contributed by atoms with E-state index in [9.17, 15) is 50.4 Å². The molecular weight excluding hydrogens is 897 g/mol. The van der Waals surface area contributed by atoms with Gasteiger partial charge in [-0.3, -0.25) is 9.59 Å². The molecule has 0 radical (unpaired) electrons. The highest BCUT2D eigenvalue weighted by Crippen LogP contribution is 2.79. The van der Waals surface area contributed by atoms with Gasteiger partial charge in [0.1, 0.15) is 18.3 Å². The van der Waals surface area contributed by atoms with Crippen LogP contribution in [0, 0.1) is 73.9 Å². The molecule has 70 heavy (non-hydrogen) atoms. The Balaban J connectivity index is 1.25. The van der Waals surface area contributed by atoms with Crippen molar-refractivity contribution in [2.75, 3.05) is 33.0 Å². The first-order chi connectivity index (χ1) is 33.4. The van der Waals surface area contributed by atoms with E-state index in [0.717, 1.165) is 44.2 Å². The Kier molecular flexibility index (Phi) is 14.7. The Hall–Kier alpha value is -2.51. The molecular formula is C54H86N4O12. The van der Waals surface area contributed by atoms with Gasteiger partial charge in [-0.1, -0.05) is 58.6 Å². The van der Waals surface area contributed by atoms with Gasteiger partial charge in [0.2, 0.25) is 5.91 Å². The number of carbonyl (C=O) groups is 2. The summed E-state index contributed by atoms with van der Waals surface area (Å²) in [6, 6.07) is -0.407. The molecule has 0 bridgehead atoms. The zero-order valence-corrected chi connectivity index (χ0v) is 42.2. The summed E-state index contributed by atoms with van der Waals surface area (Å²) in [6.45, 7) is 8.51. The smallest absolute Gasteiger partial charge is 0.310 e. The number of carboxylic acid groups (broad SMARTS) is 1. The van der Waals surface area contributed by atoms with Crippen molar-refractivity contribution in [2.24, 2.45) is 79.6 Å². The number of nitrogens with zero attached hydrogens (tertiary/aromatic N) is 1. The minimum atomic E-state index is -1.64. The molecule has 16 heteroatoms. The molecule has 7 fully saturated rings. The molecule has 5 saturated carbocycles. The SMILES string of the molecule is C[C@]1(CO)CC[C@]2(C(=O)O)CC[C@]3(C)C(=CC[C@@H]4[C@@]5(C6CCCCC6)[C@H](C[C@H]6[C@H]([C@H](CCCN)c7cnc[nH]7)NC(=O)[C@@H]6CCO)[C@@H](O)[C@@H](O[C@@H]6OC[C@@H](O)[C@H](O)[C@H]6O)[C@@](C)(CO)[C@H]5CC[C@]43C)[C@@H]2C1. The van der Waals surface area contributed by atoms with Gasteiger partial charge >= 0.3 is 5.97 Å². The molecule has 0 spiro atoms. The lowest BCUT2D eigenvalue weighted by Crippen LogP contribution is -2.75. The standard InChI is InChI=1S/C54H86N4O12/c1-49(27-60)17-19-53(48(67)68)20-18-51(3)34(36(53)24-49)12-13-40-52(51,4)16-14-39-50(2,28-61)45(70-47-44(65)43(64)38(62)26-69-47)42(63)35(54(39,40)30-9-6-5-7-10-30)23-33-31(15-22-59)46(66)58-41(33)32(11-8-21-55)37-25-56-29-57-37/h12,25,29-33,35-36,38-45,47,59-65H,5-11,13-24,26-28,55H2,1-4H3,(H,56,57)(H,58,66)(H,67,68)/t31-,32-,33-,35-,36+,38-,39-,40+,41+,42-,43+,44-,45-,47+,49+,50+,51-,52-,53+,54+/m1/s1. The molecule has 0 aromatic carbocycles. The summed E-state index contributed by atoms with van der Waals surface area (Å²) in [5.74, 6) is -3.05. The van der Waals surface area contributed by atoms with Crippen molar-refractivity contribution >= 4 is 11.9 Å². The van der Waals surface area contributed by atoms with E-state index >= 15 is 0 Å². The van der Waals surface area contributed by atoms with Crippen molar-refractivity contribution in [1.29, 1.82) is 0 Å². The topological polar surface area (TPSA) is 281 Å². The maximum atomic E-state index is 14.5. The van der Waals surface area contributed by atoms with E-state index in [1.54, 1.807) is 12.5 Å². The van der Waals surface area contributed by atoms with Crippen LogP contribution < -0.4 is 11.1 Å². The molecule has 1 aromatic heterocycles. The highest BCUT2D eigenvalue weighted by molar-refractivity contribution is 5.82. The van der Waals surface area contributed by atoms with E-state index in [4.69, 9.17) is 15.2 Å². The lowest BCUT2D eigenvalue weighted by molar-refractivity contribution is -0.350. The van der Waals surface area contributed by atoms with Gasteiger partial charge in [0.05, 0.1) is 37.2 Å². The zero-order valence-electron chi connectivity index (χ0n) is 42.2. The van der Waals surface area contributed by atoms with E-state index in [2.05, 4.69) is 42.1 Å². The van der Waals surface area contributed by atoms with E-state index in [0.29, 0.717) is 70.8 Å². The van der Waals surface area contributed by atoms with Crippen molar-refractivity contribution in [3.63, 3.8) is 0 Å². The highest BCUT2D eigenvalue weighted by Gasteiger charge is 2.76. The fourth-order valence-electron chi connectivity index (χ4n) is 18.2. The maximum absolute atomic E-state index is 14.5. The Morgan fingerprint density at radius 2 is 1.69 bits per heavy atom. The van der Waals surface area contributed by atoms with Crippen LogP contribution in [0.5, 0.6) is 0 Å². The van der Waals surface area contributed by atoms with Crippen LogP contribution >= 0.6 is 0 Å². The summed E-state index contributed by atoms with van der Waals surface area (Å²) < 4.78 is 12.8. The zero-order chi connectivity index (χ0) is 50.2. The number of aromatic amines is 1. The van der Waals surface area contributed by atoms with Gasteiger partial charge in [-0.05, 0) is 154 Å². The summed E-state index contributed by atoms with van der Waals surface area (Å²) in [5.41, 5.74) is 4.30. The van der Waals surface area contributed by atoms with Crippen LogP contribution in [0.4, 0.5) is 0 Å². The number of carbonyl (C=O) groups excluding carboxylic acids is 1. The van der Waals surface area contributed by atoms with Crippen LogP contribution in [0.3, 0.4) is 0 Å². The summed E-state index contributed by atoms with van der Waals surface area (Å²) in [7, 11) is 0. The average molecular weight is 983 g/mol. The van der Waals surface area contributed by atoms with Crippen LogP contribution in [-0.4, -0.2) is 139 Å². The molecule has 20 atom stereocenters. The van der Waals surface area contributed by atoms with Crippen molar-refractivity contribution in [1.82, 2.24) is 15.3 Å². The first-order valence-electron chi connectivity index (χ1n) is 27.1. The quantitative estimate of drug-likeness (QED) is 0.0871. The summed E-state index contributed by atoms with van der Waals surface area (Å²) in [5, 5.41) is 94.8. The molecule has 1 amide bonds. The van der Waals surface area contributed by atoms with Crippen molar-refractivity contribution < 1.29 is 59.9 Å². The number of fused-ring (bicyclic) bond motifs is 7. The third-order valence-corrected chi connectivity index (χ3v) is 22.1. The molecule has 12 N–H and O–H groups in total. The van der Waals surface area contributed by atoms with Gasteiger partial charge in [-0.2, -0.15) is 0 Å². The van der Waals surface area contributed by atoms with Gasteiger partial charge in [0.15, 0.2) is 6.29 Å². The van der Waals surface area contributed by atoms with Crippen LogP contribution in [-0.2, 0) is 19.1 Å². The number of nitrogens with one attached hydrogen (secondary N) is 2. The number of nitrogens with two attached hydrogens (primary N) is 1. The lowest BCUT2D eigenvalue weighted by Gasteiger charge is -2.76. The predicted molar refractivity (Wildman–Crippen MR) is 258 cm³/mol. The Labute approximate surface area is 414 Å². The Morgan fingerprint density at radius 3 is 2.34 bits per heavy atom.